The Morgan fingerprint density at radius 3 is 2.43 bits per heavy atom. The first-order chi connectivity index (χ1) is 13.4. The lowest BCUT2D eigenvalue weighted by molar-refractivity contribution is -0.155. The molecule has 2 aromatic carbocycles. The molecule has 0 fully saturated rings. The van der Waals surface area contributed by atoms with Crippen molar-refractivity contribution in [3.63, 3.8) is 0 Å². The molecule has 0 radical (unpaired) electrons. The number of rotatable bonds is 9. The molecule has 1 amide bonds. The van der Waals surface area contributed by atoms with Gasteiger partial charge in [0, 0.05) is 5.56 Å². The number of halogens is 2. The van der Waals surface area contributed by atoms with Gasteiger partial charge < -0.3 is 19.5 Å². The van der Waals surface area contributed by atoms with E-state index in [0.717, 1.165) is 0 Å². The quantitative estimate of drug-likeness (QED) is 0.520. The molecule has 0 saturated heterocycles. The van der Waals surface area contributed by atoms with Crippen LogP contribution in [0.4, 0.5) is 14.5 Å². The second-order valence-corrected chi connectivity index (χ2v) is 5.47. The minimum Gasteiger partial charge on any atom is -0.482 e. The van der Waals surface area contributed by atoms with Crippen molar-refractivity contribution >= 4 is 23.9 Å². The maximum Gasteiger partial charge on any atom is 0.387 e. The first kappa shape index (κ1) is 20.8. The Morgan fingerprint density at radius 2 is 1.79 bits per heavy atom. The van der Waals surface area contributed by atoms with Gasteiger partial charge in [0.2, 0.25) is 0 Å². The number of aldehydes is 1. The van der Waals surface area contributed by atoms with Crippen molar-refractivity contribution < 1.29 is 37.4 Å². The molecule has 0 spiro atoms. The Balaban J connectivity index is 1.86. The highest BCUT2D eigenvalue weighted by molar-refractivity contribution is 5.96. The molecule has 0 saturated carbocycles. The first-order valence-electron chi connectivity index (χ1n) is 8.11. The van der Waals surface area contributed by atoms with Crippen molar-refractivity contribution in [1.82, 2.24) is 0 Å². The lowest BCUT2D eigenvalue weighted by Crippen LogP contribution is -2.31. The van der Waals surface area contributed by atoms with Crippen molar-refractivity contribution in [3.8, 4) is 11.5 Å². The van der Waals surface area contributed by atoms with E-state index in [2.05, 4.69) is 10.1 Å². The monoisotopic (exact) mass is 393 g/mol. The third-order valence-electron chi connectivity index (χ3n) is 3.41. The smallest absolute Gasteiger partial charge is 0.387 e. The van der Waals surface area contributed by atoms with Crippen molar-refractivity contribution in [2.45, 2.75) is 19.6 Å². The Bertz CT molecular complexity index is 825. The number of carbonyl (C=O) groups is 3. The molecule has 28 heavy (non-hydrogen) atoms. The maximum atomic E-state index is 12.4. The number of alkyl halides is 2. The molecular weight excluding hydrogens is 376 g/mol. The largest absolute Gasteiger partial charge is 0.482 e. The highest BCUT2D eigenvalue weighted by Gasteiger charge is 2.20. The van der Waals surface area contributed by atoms with Gasteiger partial charge in [-0.3, -0.25) is 9.59 Å². The van der Waals surface area contributed by atoms with Crippen LogP contribution in [0.3, 0.4) is 0 Å². The first-order valence-corrected chi connectivity index (χ1v) is 8.11. The fourth-order valence-corrected chi connectivity index (χ4v) is 2.07. The van der Waals surface area contributed by atoms with E-state index in [1.807, 2.05) is 0 Å². The minimum absolute atomic E-state index is 0.0159. The van der Waals surface area contributed by atoms with Gasteiger partial charge in [0.1, 0.15) is 17.8 Å². The number of anilines is 1. The van der Waals surface area contributed by atoms with Crippen LogP contribution in [0, 0.1) is 0 Å². The molecule has 7 nitrogen and oxygen atoms in total. The predicted octanol–water partition coefficient (Wildman–Crippen LogP) is 3.05. The highest BCUT2D eigenvalue weighted by atomic mass is 19.3. The van der Waals surface area contributed by atoms with Crippen molar-refractivity contribution in [2.75, 3.05) is 11.9 Å². The molecular formula is C19H17F2NO6. The Morgan fingerprint density at radius 1 is 1.11 bits per heavy atom. The molecule has 1 atom stereocenters. The van der Waals surface area contributed by atoms with Crippen LogP contribution < -0.4 is 14.8 Å². The summed E-state index contributed by atoms with van der Waals surface area (Å²) in [7, 11) is 0. The van der Waals surface area contributed by atoms with E-state index in [4.69, 9.17) is 9.47 Å². The topological polar surface area (TPSA) is 90.9 Å². The fraction of sp³-hybridized carbons (Fsp3) is 0.211. The Kier molecular flexibility index (Phi) is 7.44. The van der Waals surface area contributed by atoms with Gasteiger partial charge in [0.15, 0.2) is 12.7 Å². The summed E-state index contributed by atoms with van der Waals surface area (Å²) in [6, 6.07) is 11.7. The molecule has 2 rings (SSSR count). The van der Waals surface area contributed by atoms with Gasteiger partial charge >= 0.3 is 12.6 Å². The summed E-state index contributed by atoms with van der Waals surface area (Å²) in [5.41, 5.74) is 0.471. The summed E-state index contributed by atoms with van der Waals surface area (Å²) in [5, 5.41) is 2.36. The fourth-order valence-electron chi connectivity index (χ4n) is 2.07. The maximum absolute atomic E-state index is 12.4. The van der Waals surface area contributed by atoms with Crippen LogP contribution in [0.15, 0.2) is 48.5 Å². The van der Waals surface area contributed by atoms with Gasteiger partial charge in [-0.15, -0.1) is 0 Å². The number of esters is 1. The zero-order valence-electron chi connectivity index (χ0n) is 14.8. The SMILES string of the molecule is C[C@@H](OC(=O)COc1ccc(C=O)cc1)C(=O)Nc1ccccc1OC(F)F. The van der Waals surface area contributed by atoms with Gasteiger partial charge in [0.25, 0.3) is 5.91 Å². The summed E-state index contributed by atoms with van der Waals surface area (Å²) >= 11 is 0. The number of ether oxygens (including phenoxy) is 3. The molecule has 0 aliphatic rings. The van der Waals surface area contributed by atoms with Crippen molar-refractivity contribution in [2.24, 2.45) is 0 Å². The van der Waals surface area contributed by atoms with Gasteiger partial charge in [-0.1, -0.05) is 12.1 Å². The lowest BCUT2D eigenvalue weighted by Gasteiger charge is -2.16. The van der Waals surface area contributed by atoms with Gasteiger partial charge in [-0.2, -0.15) is 8.78 Å². The van der Waals surface area contributed by atoms with Gasteiger partial charge in [0.05, 0.1) is 5.69 Å². The van der Waals surface area contributed by atoms with E-state index in [1.165, 1.54) is 55.5 Å². The third kappa shape index (κ3) is 6.35. The predicted molar refractivity (Wildman–Crippen MR) is 94.6 cm³/mol. The number of carbonyl (C=O) groups excluding carboxylic acids is 3. The average Bonchev–Trinajstić information content (AvgIpc) is 2.67. The van der Waals surface area contributed by atoms with Gasteiger partial charge in [-0.25, -0.2) is 4.79 Å². The third-order valence-corrected chi connectivity index (χ3v) is 3.41. The van der Waals surface area contributed by atoms with Crippen LogP contribution in [0.25, 0.3) is 0 Å². The molecule has 0 aliphatic heterocycles. The molecule has 0 heterocycles. The van der Waals surface area contributed by atoms with Crippen molar-refractivity contribution in [1.29, 1.82) is 0 Å². The van der Waals surface area contributed by atoms with Gasteiger partial charge in [-0.05, 0) is 43.3 Å². The normalized spacial score (nSPS) is 11.4. The van der Waals surface area contributed by atoms with Crippen LogP contribution >= 0.6 is 0 Å². The van der Waals surface area contributed by atoms with E-state index in [1.54, 1.807) is 0 Å². The molecule has 9 heteroatoms. The highest BCUT2D eigenvalue weighted by Crippen LogP contribution is 2.25. The van der Waals surface area contributed by atoms with E-state index in [-0.39, 0.29) is 11.4 Å². The molecule has 2 aromatic rings. The van der Waals surface area contributed by atoms with Crippen molar-refractivity contribution in [3.05, 3.63) is 54.1 Å². The summed E-state index contributed by atoms with van der Waals surface area (Å²) in [4.78, 5) is 34.5. The van der Waals surface area contributed by atoms with E-state index in [9.17, 15) is 23.2 Å². The van der Waals surface area contributed by atoms with E-state index >= 15 is 0 Å². The molecule has 148 valence electrons. The second kappa shape index (κ2) is 10.0. The molecule has 0 aliphatic carbocycles. The summed E-state index contributed by atoms with van der Waals surface area (Å²) < 4.78 is 39.3. The number of amides is 1. The lowest BCUT2D eigenvalue weighted by atomic mass is 10.2. The summed E-state index contributed by atoms with van der Waals surface area (Å²) in [5.74, 6) is -1.41. The average molecular weight is 393 g/mol. The summed E-state index contributed by atoms with van der Waals surface area (Å²) in [6.07, 6.45) is -0.531. The second-order valence-electron chi connectivity index (χ2n) is 5.47. The number of hydrogen-bond acceptors (Lipinski definition) is 6. The number of para-hydroxylation sites is 2. The molecule has 0 unspecified atom stereocenters. The zero-order chi connectivity index (χ0) is 20.5. The Hall–Kier alpha value is -3.49. The number of nitrogens with one attached hydrogen (secondary N) is 1. The number of hydrogen-bond donors (Lipinski definition) is 1. The Labute approximate surface area is 159 Å². The van der Waals surface area contributed by atoms with Crippen LogP contribution in [-0.2, 0) is 14.3 Å². The molecule has 0 aromatic heterocycles. The van der Waals surface area contributed by atoms with Crippen LogP contribution in [0.5, 0.6) is 11.5 Å². The molecule has 1 N–H and O–H groups in total. The van der Waals surface area contributed by atoms with Crippen LogP contribution in [0.1, 0.15) is 17.3 Å². The zero-order valence-corrected chi connectivity index (χ0v) is 14.8. The standard InChI is InChI=1S/C19H17F2NO6/c1-12(18(25)22-15-4-2-3-5-16(15)28-19(20)21)27-17(24)11-26-14-8-6-13(10-23)7-9-14/h2-10,12,19H,11H2,1H3,(H,22,25)/t12-/m1/s1. The van der Waals surface area contributed by atoms with Crippen LogP contribution in [-0.4, -0.2) is 37.5 Å². The number of benzene rings is 2. The van der Waals surface area contributed by atoms with Crippen LogP contribution in [0.2, 0.25) is 0 Å². The van der Waals surface area contributed by atoms with E-state index in [0.29, 0.717) is 17.6 Å². The minimum atomic E-state index is -3.05. The van der Waals surface area contributed by atoms with E-state index < -0.39 is 31.2 Å². The molecule has 0 bridgehead atoms. The summed E-state index contributed by atoms with van der Waals surface area (Å²) in [6.45, 7) is -2.18.